The number of benzene rings is 3. The highest BCUT2D eigenvalue weighted by molar-refractivity contribution is 6.03. The van der Waals surface area contributed by atoms with Crippen LogP contribution < -0.4 is 15.7 Å². The number of methoxy groups -OCH3 is 1. The van der Waals surface area contributed by atoms with Gasteiger partial charge in [-0.15, -0.1) is 0 Å². The van der Waals surface area contributed by atoms with Crippen molar-refractivity contribution in [2.45, 2.75) is 26.8 Å². The average Bonchev–Trinajstić information content (AvgIpc) is 3.19. The van der Waals surface area contributed by atoms with Crippen molar-refractivity contribution in [1.82, 2.24) is 5.32 Å². The second-order valence-electron chi connectivity index (χ2n) is 8.54. The van der Waals surface area contributed by atoms with Gasteiger partial charge in [0.2, 0.25) is 5.91 Å². The molecule has 0 atom stereocenters. The van der Waals surface area contributed by atoms with Crippen molar-refractivity contribution >= 4 is 27.8 Å². The number of furan rings is 1. The molecule has 5 aromatic rings. The summed E-state index contributed by atoms with van der Waals surface area (Å²) >= 11 is 0. The molecule has 1 amide bonds. The van der Waals surface area contributed by atoms with Gasteiger partial charge in [0, 0.05) is 28.9 Å². The predicted octanol–water partition coefficient (Wildman–Crippen LogP) is 5.69. The minimum absolute atomic E-state index is 0.0674. The smallest absolute Gasteiger partial charge is 0.340 e. The van der Waals surface area contributed by atoms with Crippen LogP contribution in [0.1, 0.15) is 22.5 Å². The Morgan fingerprint density at radius 3 is 2.46 bits per heavy atom. The number of amides is 1. The van der Waals surface area contributed by atoms with Crippen LogP contribution in [0.3, 0.4) is 0 Å². The second-order valence-corrected chi connectivity index (χ2v) is 8.54. The van der Waals surface area contributed by atoms with E-state index >= 15 is 0 Å². The summed E-state index contributed by atoms with van der Waals surface area (Å²) < 4.78 is 16.8. The topological polar surface area (TPSA) is 81.7 Å². The van der Waals surface area contributed by atoms with Crippen LogP contribution in [0, 0.1) is 13.8 Å². The molecule has 5 rings (SSSR count). The Morgan fingerprint density at radius 1 is 0.914 bits per heavy atom. The molecule has 0 unspecified atom stereocenters. The van der Waals surface area contributed by atoms with E-state index in [0.717, 1.165) is 44.5 Å². The number of rotatable bonds is 6. The van der Waals surface area contributed by atoms with Crippen LogP contribution in [-0.2, 0) is 17.8 Å². The summed E-state index contributed by atoms with van der Waals surface area (Å²) in [5.74, 6) is 1.25. The summed E-state index contributed by atoms with van der Waals surface area (Å²) in [5.41, 5.74) is 4.62. The first-order valence-electron chi connectivity index (χ1n) is 11.4. The molecular formula is C29H25NO5. The van der Waals surface area contributed by atoms with Crippen molar-refractivity contribution in [3.05, 3.63) is 99.6 Å². The first-order chi connectivity index (χ1) is 16.9. The predicted molar refractivity (Wildman–Crippen MR) is 136 cm³/mol. The van der Waals surface area contributed by atoms with E-state index in [4.69, 9.17) is 13.6 Å². The zero-order valence-corrected chi connectivity index (χ0v) is 19.8. The third-order valence-corrected chi connectivity index (χ3v) is 6.30. The van der Waals surface area contributed by atoms with Gasteiger partial charge in [-0.1, -0.05) is 42.5 Å². The quantitative estimate of drug-likeness (QED) is 0.325. The van der Waals surface area contributed by atoms with Gasteiger partial charge < -0.3 is 18.9 Å². The van der Waals surface area contributed by atoms with Gasteiger partial charge in [-0.3, -0.25) is 4.79 Å². The summed E-state index contributed by atoms with van der Waals surface area (Å²) in [4.78, 5) is 25.5. The van der Waals surface area contributed by atoms with Crippen molar-refractivity contribution < 1.29 is 18.4 Å². The van der Waals surface area contributed by atoms with Gasteiger partial charge in [0.05, 0.1) is 19.1 Å². The van der Waals surface area contributed by atoms with Crippen molar-refractivity contribution in [3.63, 3.8) is 0 Å². The molecule has 0 spiro atoms. The molecule has 0 aliphatic heterocycles. The van der Waals surface area contributed by atoms with Gasteiger partial charge in [-0.2, -0.15) is 0 Å². The maximum Gasteiger partial charge on any atom is 0.340 e. The lowest BCUT2D eigenvalue weighted by molar-refractivity contribution is -0.120. The van der Waals surface area contributed by atoms with Gasteiger partial charge >= 0.3 is 5.63 Å². The molecule has 176 valence electrons. The maximum absolute atomic E-state index is 12.8. The Morgan fingerprint density at radius 2 is 1.69 bits per heavy atom. The first kappa shape index (κ1) is 22.5. The van der Waals surface area contributed by atoms with E-state index in [-0.39, 0.29) is 12.3 Å². The largest absolute Gasteiger partial charge is 0.497 e. The molecule has 6 heteroatoms. The Balaban J connectivity index is 1.48. The van der Waals surface area contributed by atoms with Crippen LogP contribution in [0.4, 0.5) is 0 Å². The summed E-state index contributed by atoms with van der Waals surface area (Å²) in [7, 11) is 1.60. The number of carbonyl (C=O) groups excluding carboxylic acids is 1. The van der Waals surface area contributed by atoms with E-state index in [1.165, 1.54) is 0 Å². The van der Waals surface area contributed by atoms with Gasteiger partial charge in [0.25, 0.3) is 0 Å². The Labute approximate surface area is 202 Å². The van der Waals surface area contributed by atoms with Crippen molar-refractivity contribution in [3.8, 4) is 16.9 Å². The van der Waals surface area contributed by atoms with Crippen LogP contribution in [-0.4, -0.2) is 13.0 Å². The lowest BCUT2D eigenvalue weighted by Gasteiger charge is -2.10. The number of carbonyl (C=O) groups is 1. The molecule has 0 saturated carbocycles. The van der Waals surface area contributed by atoms with E-state index in [9.17, 15) is 9.59 Å². The summed E-state index contributed by atoms with van der Waals surface area (Å²) in [6, 6.07) is 21.2. The van der Waals surface area contributed by atoms with Crippen molar-refractivity contribution in [1.29, 1.82) is 0 Å². The third kappa shape index (κ3) is 4.30. The lowest BCUT2D eigenvalue weighted by Crippen LogP contribution is -2.27. The maximum atomic E-state index is 12.8. The van der Waals surface area contributed by atoms with Gasteiger partial charge in [0.1, 0.15) is 22.7 Å². The number of hydrogen-bond acceptors (Lipinski definition) is 5. The van der Waals surface area contributed by atoms with E-state index in [1.54, 1.807) is 13.2 Å². The summed E-state index contributed by atoms with van der Waals surface area (Å²) in [6.45, 7) is 4.11. The van der Waals surface area contributed by atoms with Gasteiger partial charge in [-0.05, 0) is 48.7 Å². The van der Waals surface area contributed by atoms with Crippen LogP contribution in [0.5, 0.6) is 5.75 Å². The van der Waals surface area contributed by atoms with Gasteiger partial charge in [-0.25, -0.2) is 4.79 Å². The first-order valence-corrected chi connectivity index (χ1v) is 11.4. The molecule has 1 N–H and O–H groups in total. The molecule has 2 aromatic heterocycles. The number of hydrogen-bond donors (Lipinski definition) is 1. The number of aryl methyl sites for hydroxylation is 2. The molecule has 6 nitrogen and oxygen atoms in total. The SMILES string of the molecule is COc1cccc(CNC(=O)Cc2c(C)c3cc4c(-c5ccccc5)c(C)oc4cc3oc2=O)c1. The molecule has 0 saturated heterocycles. The molecule has 35 heavy (non-hydrogen) atoms. The molecular weight excluding hydrogens is 442 g/mol. The molecule has 0 radical (unpaired) electrons. The second kappa shape index (κ2) is 9.14. The Bertz CT molecular complexity index is 1610. The highest BCUT2D eigenvalue weighted by Gasteiger charge is 2.19. The lowest BCUT2D eigenvalue weighted by atomic mass is 9.98. The molecule has 3 aromatic carbocycles. The standard InChI is InChI=1S/C29H25NO5/c1-17-22-13-24-26(34-18(2)28(24)20-9-5-4-6-10-20)15-25(22)35-29(32)23(17)14-27(31)30-16-19-8-7-11-21(12-19)33-3/h4-13,15H,14,16H2,1-3H3,(H,30,31). The van der Waals surface area contributed by atoms with Crippen molar-refractivity contribution in [2.75, 3.05) is 7.11 Å². The average molecular weight is 468 g/mol. The van der Waals surface area contributed by atoms with Gasteiger partial charge in [0.15, 0.2) is 0 Å². The molecule has 0 aliphatic carbocycles. The van der Waals surface area contributed by atoms with Crippen LogP contribution in [0.25, 0.3) is 33.1 Å². The van der Waals surface area contributed by atoms with Crippen LogP contribution in [0.15, 0.2) is 80.4 Å². The van der Waals surface area contributed by atoms with Crippen molar-refractivity contribution in [2.24, 2.45) is 0 Å². The zero-order chi connectivity index (χ0) is 24.5. The molecule has 0 aliphatic rings. The number of nitrogens with one attached hydrogen (secondary N) is 1. The fourth-order valence-corrected chi connectivity index (χ4v) is 4.48. The molecule has 0 bridgehead atoms. The van der Waals surface area contributed by atoms with Crippen LogP contribution >= 0.6 is 0 Å². The van der Waals surface area contributed by atoms with E-state index in [2.05, 4.69) is 5.32 Å². The minimum atomic E-state index is -0.516. The summed E-state index contributed by atoms with van der Waals surface area (Å²) in [5, 5.41) is 4.59. The third-order valence-electron chi connectivity index (χ3n) is 6.30. The molecule has 2 heterocycles. The number of ether oxygens (including phenoxy) is 1. The van der Waals surface area contributed by atoms with E-state index in [1.807, 2.05) is 74.5 Å². The van der Waals surface area contributed by atoms with E-state index < -0.39 is 5.63 Å². The zero-order valence-electron chi connectivity index (χ0n) is 19.8. The number of fused-ring (bicyclic) bond motifs is 2. The van der Waals surface area contributed by atoms with Crippen LogP contribution in [0.2, 0.25) is 0 Å². The Hall–Kier alpha value is -4.32. The monoisotopic (exact) mass is 467 g/mol. The fourth-order valence-electron chi connectivity index (χ4n) is 4.48. The summed E-state index contributed by atoms with van der Waals surface area (Å²) in [6.07, 6.45) is -0.0674. The fraction of sp³-hybridized carbons (Fsp3) is 0.172. The highest BCUT2D eigenvalue weighted by Crippen LogP contribution is 2.37. The Kier molecular flexibility index (Phi) is 5.87. The highest BCUT2D eigenvalue weighted by atomic mass is 16.5. The normalized spacial score (nSPS) is 11.2. The minimum Gasteiger partial charge on any atom is -0.497 e. The molecule has 0 fully saturated rings. The van der Waals surface area contributed by atoms with E-state index in [0.29, 0.717) is 23.3 Å².